The predicted octanol–water partition coefficient (Wildman–Crippen LogP) is 3.34. The number of fused-ring (bicyclic) bond motifs is 1. The molecule has 0 radical (unpaired) electrons. The van der Waals surface area contributed by atoms with Crippen LogP contribution in [0.3, 0.4) is 0 Å². The second-order valence-corrected chi connectivity index (χ2v) is 11.3. The van der Waals surface area contributed by atoms with Crippen molar-refractivity contribution in [2.24, 2.45) is 11.8 Å². The van der Waals surface area contributed by atoms with E-state index in [0.717, 1.165) is 24.9 Å². The van der Waals surface area contributed by atoms with E-state index in [1.165, 1.54) is 4.90 Å². The molecule has 43 heavy (non-hydrogen) atoms. The van der Waals surface area contributed by atoms with E-state index in [2.05, 4.69) is 27.5 Å². The Morgan fingerprint density at radius 2 is 2.09 bits per heavy atom. The highest BCUT2D eigenvalue weighted by Gasteiger charge is 2.52. The van der Waals surface area contributed by atoms with Crippen LogP contribution in [0.25, 0.3) is 0 Å². The Bertz CT molecular complexity index is 1470. The van der Waals surface area contributed by atoms with Gasteiger partial charge in [0.25, 0.3) is 5.91 Å². The standard InChI is InChI=1S/C33H40N6O4/c1-3-17-39-30-15-14-26(35-31(41)25-13-9-16-34-20-25)19-28(30)33(43,32(39)42)23(2)10-7-8-18-38-21-29(36-37-38)27(22-40)24-11-5-4-6-12-24/h3-7,10-12,14-15,19,21,23,25,27,34,40,43H,1,8-9,13,16-18,20,22H2,2H3,(H,35,41)/b10-7+/t23-,25?,27?,33+/m0/s1. The van der Waals surface area contributed by atoms with Crippen LogP contribution >= 0.6 is 0 Å². The molecule has 1 saturated heterocycles. The summed E-state index contributed by atoms with van der Waals surface area (Å²) < 4.78 is 1.73. The minimum absolute atomic E-state index is 0.0683. The lowest BCUT2D eigenvalue weighted by atomic mass is 9.82. The number of amides is 2. The number of aliphatic hydroxyl groups excluding tert-OH is 1. The summed E-state index contributed by atoms with van der Waals surface area (Å²) in [4.78, 5) is 28.0. The number of carbonyl (C=O) groups is 2. The topological polar surface area (TPSA) is 133 Å². The van der Waals surface area contributed by atoms with E-state index in [0.29, 0.717) is 42.1 Å². The molecule has 0 bridgehead atoms. The number of anilines is 2. The first-order valence-electron chi connectivity index (χ1n) is 14.9. The molecule has 4 N–H and O–H groups in total. The highest BCUT2D eigenvalue weighted by atomic mass is 16.3. The van der Waals surface area contributed by atoms with Crippen LogP contribution in [0.1, 0.15) is 48.9 Å². The van der Waals surface area contributed by atoms with Gasteiger partial charge in [0, 0.05) is 43.0 Å². The van der Waals surface area contributed by atoms with Gasteiger partial charge in [-0.1, -0.05) is 60.7 Å². The average Bonchev–Trinajstić information content (AvgIpc) is 3.58. The summed E-state index contributed by atoms with van der Waals surface area (Å²) in [6.45, 7) is 7.88. The Balaban J connectivity index is 1.28. The van der Waals surface area contributed by atoms with Gasteiger partial charge >= 0.3 is 0 Å². The second kappa shape index (κ2) is 13.5. The van der Waals surface area contributed by atoms with Crippen molar-refractivity contribution in [3.8, 4) is 0 Å². The van der Waals surface area contributed by atoms with E-state index in [4.69, 9.17) is 0 Å². The highest BCUT2D eigenvalue weighted by Crippen LogP contribution is 2.46. The number of hydrogen-bond donors (Lipinski definition) is 4. The Labute approximate surface area is 252 Å². The molecule has 3 aromatic rings. The molecular formula is C33H40N6O4. The largest absolute Gasteiger partial charge is 0.395 e. The van der Waals surface area contributed by atoms with Gasteiger partial charge in [-0.25, -0.2) is 0 Å². The number of allylic oxidation sites excluding steroid dienone is 1. The molecule has 10 nitrogen and oxygen atoms in total. The maximum absolute atomic E-state index is 13.6. The summed E-state index contributed by atoms with van der Waals surface area (Å²) in [6, 6.07) is 15.0. The molecule has 10 heteroatoms. The van der Waals surface area contributed by atoms with Crippen molar-refractivity contribution in [3.63, 3.8) is 0 Å². The molecule has 1 aromatic heterocycles. The number of aromatic nitrogens is 3. The molecule has 4 atom stereocenters. The quantitative estimate of drug-likeness (QED) is 0.240. The van der Waals surface area contributed by atoms with Gasteiger partial charge < -0.3 is 25.7 Å². The smallest absolute Gasteiger partial charge is 0.264 e. The van der Waals surface area contributed by atoms with Crippen LogP contribution in [0.4, 0.5) is 11.4 Å². The number of nitrogens with zero attached hydrogens (tertiary/aromatic N) is 4. The first-order chi connectivity index (χ1) is 20.9. The number of rotatable bonds is 12. The lowest BCUT2D eigenvalue weighted by Crippen LogP contribution is -2.44. The van der Waals surface area contributed by atoms with Gasteiger partial charge in [-0.3, -0.25) is 14.3 Å². The van der Waals surface area contributed by atoms with Crippen LogP contribution < -0.4 is 15.5 Å². The molecule has 226 valence electrons. The Hall–Kier alpha value is -4.12. The molecule has 0 spiro atoms. The van der Waals surface area contributed by atoms with Crippen molar-refractivity contribution in [1.82, 2.24) is 20.3 Å². The van der Waals surface area contributed by atoms with E-state index in [-0.39, 0.29) is 30.9 Å². The van der Waals surface area contributed by atoms with Gasteiger partial charge in [0.2, 0.25) is 5.91 Å². The van der Waals surface area contributed by atoms with E-state index in [1.807, 2.05) is 55.6 Å². The van der Waals surface area contributed by atoms with Gasteiger partial charge in [-0.15, -0.1) is 11.7 Å². The molecular weight excluding hydrogens is 544 g/mol. The fraction of sp³-hybridized carbons (Fsp3) is 0.394. The minimum Gasteiger partial charge on any atom is -0.395 e. The van der Waals surface area contributed by atoms with Crippen LogP contribution in [0, 0.1) is 11.8 Å². The molecule has 2 amide bonds. The highest BCUT2D eigenvalue weighted by molar-refractivity contribution is 6.08. The third-order valence-electron chi connectivity index (χ3n) is 8.42. The molecule has 2 aliphatic heterocycles. The molecule has 2 unspecified atom stereocenters. The van der Waals surface area contributed by atoms with E-state index >= 15 is 0 Å². The summed E-state index contributed by atoms with van der Waals surface area (Å²) in [5.74, 6) is -1.40. The molecule has 2 aliphatic rings. The molecule has 5 rings (SSSR count). The monoisotopic (exact) mass is 584 g/mol. The average molecular weight is 585 g/mol. The van der Waals surface area contributed by atoms with Crippen molar-refractivity contribution in [2.75, 3.05) is 36.5 Å². The summed E-state index contributed by atoms with van der Waals surface area (Å²) in [7, 11) is 0. The third-order valence-corrected chi connectivity index (χ3v) is 8.42. The van der Waals surface area contributed by atoms with Crippen molar-refractivity contribution < 1.29 is 19.8 Å². The first kappa shape index (κ1) is 30.3. The summed E-state index contributed by atoms with van der Waals surface area (Å²) in [5, 5.41) is 36.6. The van der Waals surface area contributed by atoms with Crippen molar-refractivity contribution >= 4 is 23.2 Å². The first-order valence-corrected chi connectivity index (χ1v) is 14.9. The van der Waals surface area contributed by atoms with Crippen molar-refractivity contribution in [2.45, 2.75) is 44.2 Å². The SMILES string of the molecule is C=CCN1C(=O)[C@@](O)([C@@H](C)/C=C/CCn2cc(C(CO)c3ccccc3)nn2)c2cc(NC(=O)C3CCCNC3)ccc21. The fourth-order valence-corrected chi connectivity index (χ4v) is 5.94. The van der Waals surface area contributed by atoms with E-state index < -0.39 is 17.4 Å². The number of nitrogens with one attached hydrogen (secondary N) is 2. The zero-order valence-electron chi connectivity index (χ0n) is 24.5. The molecule has 0 aliphatic carbocycles. The van der Waals surface area contributed by atoms with Crippen LogP contribution in [-0.4, -0.2) is 63.3 Å². The zero-order chi connectivity index (χ0) is 30.4. The van der Waals surface area contributed by atoms with E-state index in [1.54, 1.807) is 29.0 Å². The summed E-state index contributed by atoms with van der Waals surface area (Å²) in [5.41, 5.74) is 1.49. The van der Waals surface area contributed by atoms with Gasteiger partial charge in [-0.2, -0.15) is 0 Å². The van der Waals surface area contributed by atoms with Gasteiger partial charge in [0.05, 0.1) is 29.8 Å². The molecule has 3 heterocycles. The maximum atomic E-state index is 13.6. The Morgan fingerprint density at radius 3 is 2.81 bits per heavy atom. The zero-order valence-corrected chi connectivity index (χ0v) is 24.5. The number of benzene rings is 2. The van der Waals surface area contributed by atoms with Crippen LogP contribution in [0.2, 0.25) is 0 Å². The number of hydrogen-bond acceptors (Lipinski definition) is 7. The van der Waals surface area contributed by atoms with Crippen molar-refractivity contribution in [1.29, 1.82) is 0 Å². The summed E-state index contributed by atoms with van der Waals surface area (Å²) in [6.07, 6.45) is 9.61. The van der Waals surface area contributed by atoms with Crippen LogP contribution in [0.15, 0.2) is 79.5 Å². The fourth-order valence-electron chi connectivity index (χ4n) is 5.94. The Kier molecular flexibility index (Phi) is 9.49. The number of carbonyl (C=O) groups excluding carboxylic acids is 2. The molecule has 1 fully saturated rings. The number of aliphatic hydroxyl groups is 2. The summed E-state index contributed by atoms with van der Waals surface area (Å²) >= 11 is 0. The number of aryl methyl sites for hydroxylation is 1. The lowest BCUT2D eigenvalue weighted by Gasteiger charge is -2.27. The van der Waals surface area contributed by atoms with Crippen LogP contribution in [-0.2, 0) is 21.7 Å². The van der Waals surface area contributed by atoms with Gasteiger partial charge in [0.15, 0.2) is 5.60 Å². The van der Waals surface area contributed by atoms with Gasteiger partial charge in [0.1, 0.15) is 0 Å². The molecule has 2 aromatic carbocycles. The number of piperidine rings is 1. The van der Waals surface area contributed by atoms with Crippen molar-refractivity contribution in [3.05, 3.63) is 96.4 Å². The second-order valence-electron chi connectivity index (χ2n) is 11.3. The lowest BCUT2D eigenvalue weighted by molar-refractivity contribution is -0.139. The van der Waals surface area contributed by atoms with Gasteiger partial charge in [-0.05, 0) is 49.6 Å². The van der Waals surface area contributed by atoms with E-state index in [9.17, 15) is 19.8 Å². The Morgan fingerprint density at radius 1 is 1.28 bits per heavy atom. The maximum Gasteiger partial charge on any atom is 0.264 e. The predicted molar refractivity (Wildman–Crippen MR) is 165 cm³/mol. The van der Waals surface area contributed by atoms with Crippen LogP contribution in [0.5, 0.6) is 0 Å². The molecule has 0 saturated carbocycles. The normalized spacial score (nSPS) is 21.5. The third kappa shape index (κ3) is 6.31. The minimum atomic E-state index is -1.80.